The highest BCUT2D eigenvalue weighted by molar-refractivity contribution is 7.45. The Morgan fingerprint density at radius 1 is 0.538 bits per heavy atom. The highest BCUT2D eigenvalue weighted by Crippen LogP contribution is 2.38. The number of hydrogen-bond acceptors (Lipinski definition) is 6. The number of allylic oxidation sites excluding steroid dienone is 7. The van der Waals surface area contributed by atoms with Crippen LogP contribution in [0.2, 0.25) is 0 Å². The molecule has 0 aliphatic heterocycles. The summed E-state index contributed by atoms with van der Waals surface area (Å²) in [4.78, 5) is 25.5. The van der Waals surface area contributed by atoms with E-state index in [4.69, 9.17) is 9.05 Å². The summed E-state index contributed by atoms with van der Waals surface area (Å²) in [7, 11) is 1.25. The van der Waals surface area contributed by atoms with Gasteiger partial charge < -0.3 is 28.8 Å². The SMILES string of the molecule is CCCCCCC/C=C\C/C=C\CCCCCCCCCCCCCCCC(=O)NC(COP(=O)([O-])OCC[N+](C)(C)C)C(O)/C=C/CC/C=C/CCCCCCCCCCCCCC. The van der Waals surface area contributed by atoms with Gasteiger partial charge in [-0.2, -0.15) is 0 Å². The van der Waals surface area contributed by atoms with Crippen molar-refractivity contribution in [1.29, 1.82) is 0 Å². The number of carbonyl (C=O) groups is 1. The monoisotopic (exact) mass is 935 g/mol. The first-order valence-electron chi connectivity index (χ1n) is 27.5. The molecule has 1 amide bonds. The number of carbonyl (C=O) groups excluding carboxylic acids is 1. The molecule has 0 aromatic rings. The maximum Gasteiger partial charge on any atom is 0.268 e. The van der Waals surface area contributed by atoms with E-state index in [9.17, 15) is 19.4 Å². The van der Waals surface area contributed by atoms with Gasteiger partial charge in [-0.3, -0.25) is 9.36 Å². The van der Waals surface area contributed by atoms with Gasteiger partial charge in [-0.25, -0.2) is 0 Å². The topological polar surface area (TPSA) is 108 Å². The number of quaternary nitrogens is 1. The van der Waals surface area contributed by atoms with Crippen molar-refractivity contribution in [3.8, 4) is 0 Å². The molecule has 0 aromatic carbocycles. The molecule has 0 heterocycles. The minimum absolute atomic E-state index is 0.00679. The number of likely N-dealkylation sites (N-methyl/N-ethyl adjacent to an activating group) is 1. The third-order valence-electron chi connectivity index (χ3n) is 12.3. The zero-order chi connectivity index (χ0) is 47.8. The van der Waals surface area contributed by atoms with Crippen LogP contribution in [0.4, 0.5) is 0 Å². The molecule has 0 rings (SSSR count). The Bertz CT molecular complexity index is 1200. The van der Waals surface area contributed by atoms with Gasteiger partial charge in [0.2, 0.25) is 5.91 Å². The number of aliphatic hydroxyl groups is 1. The molecule has 65 heavy (non-hydrogen) atoms. The standard InChI is InChI=1S/C56H107N2O6P/c1-6-8-10-12-14-16-18-20-22-24-26-27-28-29-30-31-32-34-36-38-40-42-44-46-48-50-56(60)57-54(53-64-65(61,62)63-52-51-58(3,4)5)55(59)49-47-45-43-41-39-37-35-33-25-23-21-19-17-15-13-11-9-7-2/h18,20,24,26,39,41,47,49,54-55,59H,6-17,19,21-23,25,27-38,40,42-46,48,50-53H2,1-5H3,(H-,57,60,61,62)/b20-18-,26-24-,41-39+,49-47+. The molecule has 0 saturated heterocycles. The molecule has 3 unspecified atom stereocenters. The Hall–Kier alpha value is -1.54. The number of hydrogen-bond donors (Lipinski definition) is 2. The Kier molecular flexibility index (Phi) is 46.4. The number of rotatable bonds is 50. The molecule has 3 atom stereocenters. The fourth-order valence-corrected chi connectivity index (χ4v) is 8.63. The Labute approximate surface area is 403 Å². The molecule has 382 valence electrons. The van der Waals surface area contributed by atoms with Crippen molar-refractivity contribution < 1.29 is 32.9 Å². The summed E-state index contributed by atoms with van der Waals surface area (Å²) in [5, 5.41) is 13.8. The minimum atomic E-state index is -4.60. The summed E-state index contributed by atoms with van der Waals surface area (Å²) in [5.74, 6) is -0.207. The van der Waals surface area contributed by atoms with Crippen molar-refractivity contribution in [3.63, 3.8) is 0 Å². The zero-order valence-corrected chi connectivity index (χ0v) is 44.3. The first-order chi connectivity index (χ1) is 31.5. The molecule has 0 bridgehead atoms. The van der Waals surface area contributed by atoms with Gasteiger partial charge in [0.25, 0.3) is 7.82 Å². The first-order valence-corrected chi connectivity index (χ1v) is 29.0. The average molecular weight is 935 g/mol. The Morgan fingerprint density at radius 2 is 0.908 bits per heavy atom. The van der Waals surface area contributed by atoms with E-state index in [0.717, 1.165) is 44.9 Å². The molecule has 8 nitrogen and oxygen atoms in total. The molecule has 0 spiro atoms. The molecule has 0 aromatic heterocycles. The highest BCUT2D eigenvalue weighted by atomic mass is 31.2. The van der Waals surface area contributed by atoms with Crippen molar-refractivity contribution >= 4 is 13.7 Å². The lowest BCUT2D eigenvalue weighted by molar-refractivity contribution is -0.870. The van der Waals surface area contributed by atoms with Crippen LogP contribution in [0.15, 0.2) is 48.6 Å². The predicted octanol–water partition coefficient (Wildman–Crippen LogP) is 15.7. The number of phosphoric acid groups is 1. The van der Waals surface area contributed by atoms with Crippen molar-refractivity contribution in [2.75, 3.05) is 40.9 Å². The van der Waals surface area contributed by atoms with Crippen LogP contribution in [0.5, 0.6) is 0 Å². The van der Waals surface area contributed by atoms with Crippen LogP contribution in [-0.2, 0) is 18.4 Å². The van der Waals surface area contributed by atoms with Gasteiger partial charge in [0.15, 0.2) is 0 Å². The lowest BCUT2D eigenvalue weighted by atomic mass is 10.0. The predicted molar refractivity (Wildman–Crippen MR) is 279 cm³/mol. The van der Waals surface area contributed by atoms with Crippen LogP contribution in [0.3, 0.4) is 0 Å². The third-order valence-corrected chi connectivity index (χ3v) is 13.2. The summed E-state index contributed by atoms with van der Waals surface area (Å²) in [6.45, 7) is 4.63. The lowest BCUT2D eigenvalue weighted by Crippen LogP contribution is -2.45. The van der Waals surface area contributed by atoms with Gasteiger partial charge in [-0.15, -0.1) is 0 Å². The molecule has 9 heteroatoms. The summed E-state index contributed by atoms with van der Waals surface area (Å²) >= 11 is 0. The molecule has 0 radical (unpaired) electrons. The summed E-state index contributed by atoms with van der Waals surface area (Å²) < 4.78 is 23.3. The number of nitrogens with one attached hydrogen (secondary N) is 1. The van der Waals surface area contributed by atoms with Crippen molar-refractivity contribution in [2.45, 2.75) is 264 Å². The minimum Gasteiger partial charge on any atom is -0.756 e. The summed E-state index contributed by atoms with van der Waals surface area (Å²) in [6.07, 6.45) is 61.8. The fourth-order valence-electron chi connectivity index (χ4n) is 7.91. The van der Waals surface area contributed by atoms with Crippen LogP contribution in [-0.4, -0.2) is 68.5 Å². The number of unbranched alkanes of at least 4 members (excludes halogenated alkanes) is 31. The molecular formula is C56H107N2O6P. The zero-order valence-electron chi connectivity index (χ0n) is 43.4. The number of phosphoric ester groups is 1. The van der Waals surface area contributed by atoms with E-state index in [1.54, 1.807) is 6.08 Å². The molecule has 0 fully saturated rings. The van der Waals surface area contributed by atoms with E-state index in [2.05, 4.69) is 55.6 Å². The van der Waals surface area contributed by atoms with Gasteiger partial charge in [0.1, 0.15) is 13.2 Å². The van der Waals surface area contributed by atoms with Crippen molar-refractivity contribution in [1.82, 2.24) is 5.32 Å². The van der Waals surface area contributed by atoms with Crippen LogP contribution >= 0.6 is 7.82 Å². The van der Waals surface area contributed by atoms with E-state index < -0.39 is 26.6 Å². The first kappa shape index (κ1) is 63.5. The van der Waals surface area contributed by atoms with Gasteiger partial charge in [-0.05, 0) is 64.2 Å². The number of nitrogens with zero attached hydrogens (tertiary/aromatic N) is 1. The van der Waals surface area contributed by atoms with Crippen molar-refractivity contribution in [3.05, 3.63) is 48.6 Å². The van der Waals surface area contributed by atoms with E-state index in [1.165, 1.54) is 186 Å². The van der Waals surface area contributed by atoms with E-state index in [-0.39, 0.29) is 12.5 Å². The Balaban J connectivity index is 4.26. The highest BCUT2D eigenvalue weighted by Gasteiger charge is 2.23. The smallest absolute Gasteiger partial charge is 0.268 e. The second-order valence-corrected chi connectivity index (χ2v) is 21.3. The molecule has 0 aliphatic rings. The van der Waals surface area contributed by atoms with E-state index >= 15 is 0 Å². The maximum absolute atomic E-state index is 12.9. The summed E-state index contributed by atoms with van der Waals surface area (Å²) in [5.41, 5.74) is 0. The molecule has 2 N–H and O–H groups in total. The maximum atomic E-state index is 12.9. The fraction of sp³-hybridized carbons (Fsp3) is 0.839. The molecule has 0 aliphatic carbocycles. The lowest BCUT2D eigenvalue weighted by Gasteiger charge is -2.29. The van der Waals surface area contributed by atoms with Crippen LogP contribution in [0.25, 0.3) is 0 Å². The molecular weight excluding hydrogens is 828 g/mol. The van der Waals surface area contributed by atoms with Gasteiger partial charge in [0.05, 0.1) is 39.9 Å². The second kappa shape index (κ2) is 47.5. The second-order valence-electron chi connectivity index (χ2n) is 19.9. The quantitative estimate of drug-likeness (QED) is 0.0272. The van der Waals surface area contributed by atoms with Gasteiger partial charge in [-0.1, -0.05) is 229 Å². The van der Waals surface area contributed by atoms with Crippen molar-refractivity contribution in [2.24, 2.45) is 0 Å². The number of amides is 1. The van der Waals surface area contributed by atoms with Crippen LogP contribution < -0.4 is 10.2 Å². The Morgan fingerprint density at radius 3 is 1.34 bits per heavy atom. The van der Waals surface area contributed by atoms with E-state index in [0.29, 0.717) is 17.4 Å². The van der Waals surface area contributed by atoms with Gasteiger partial charge >= 0.3 is 0 Å². The van der Waals surface area contributed by atoms with Gasteiger partial charge in [0, 0.05) is 6.42 Å². The third kappa shape index (κ3) is 50.2. The number of aliphatic hydroxyl groups excluding tert-OH is 1. The van der Waals surface area contributed by atoms with E-state index in [1.807, 2.05) is 27.2 Å². The largest absolute Gasteiger partial charge is 0.756 e. The summed E-state index contributed by atoms with van der Waals surface area (Å²) in [6, 6.07) is -0.904. The van der Waals surface area contributed by atoms with Crippen LogP contribution in [0.1, 0.15) is 251 Å². The average Bonchev–Trinajstić information content (AvgIpc) is 3.26. The van der Waals surface area contributed by atoms with Crippen LogP contribution in [0, 0.1) is 0 Å². The normalized spacial score (nSPS) is 14.4. The molecule has 0 saturated carbocycles.